The molecular weight excluding hydrogens is 287 g/mol. The molecule has 0 heterocycles. The summed E-state index contributed by atoms with van der Waals surface area (Å²) >= 11 is 0. The van der Waals surface area contributed by atoms with Gasteiger partial charge in [0.15, 0.2) is 0 Å². The zero-order valence-corrected chi connectivity index (χ0v) is 10.0. The number of ether oxygens (including phenoxy) is 2. The van der Waals surface area contributed by atoms with Crippen LogP contribution >= 0.6 is 0 Å². The number of rotatable bonds is 2. The first-order valence-electron chi connectivity index (χ1n) is 5.28. The highest BCUT2D eigenvalue weighted by molar-refractivity contribution is 5.65. The van der Waals surface area contributed by atoms with Crippen LogP contribution in [-0.4, -0.2) is 6.16 Å². The molecule has 0 aliphatic rings. The molecule has 0 aliphatic heterocycles. The molecule has 0 unspecified atom stereocenters. The molecule has 8 heteroatoms. The summed E-state index contributed by atoms with van der Waals surface area (Å²) in [5.41, 5.74) is 0. The van der Waals surface area contributed by atoms with Crippen molar-refractivity contribution in [2.45, 2.75) is 19.8 Å². The zero-order chi connectivity index (χ0) is 15.3. The third kappa shape index (κ3) is 3.38. The normalized spacial score (nSPS) is 9.70. The minimum atomic E-state index is -2.36. The Kier molecular flexibility index (Phi) is 5.32. The molecule has 0 saturated heterocycles. The summed E-state index contributed by atoms with van der Waals surface area (Å²) in [5, 5.41) is 0. The van der Waals surface area contributed by atoms with E-state index in [4.69, 9.17) is 0 Å². The molecule has 0 amide bonds. The lowest BCUT2D eigenvalue weighted by atomic mass is 10.3. The lowest BCUT2D eigenvalue weighted by molar-refractivity contribution is 0.136. The van der Waals surface area contributed by atoms with E-state index in [1.165, 1.54) is 0 Å². The highest BCUT2D eigenvalue weighted by atomic mass is 19.2. The Bertz CT molecular complexity index is 560. The quantitative estimate of drug-likeness (QED) is 0.208. The van der Waals surface area contributed by atoms with Gasteiger partial charge in [-0.1, -0.05) is 12.8 Å². The Morgan fingerprint density at radius 2 is 1.50 bits per heavy atom. The first-order valence-corrected chi connectivity index (χ1v) is 5.28. The number of hydrogen-bond donors (Lipinski definition) is 0. The van der Waals surface area contributed by atoms with Crippen LogP contribution in [0, 0.1) is 41.1 Å². The minimum absolute atomic E-state index is 0.385. The number of unbranched alkanes of at least 4 members (excludes halogenated alkanes) is 1. The molecule has 0 fully saturated rings. The van der Waals surface area contributed by atoms with Crippen molar-refractivity contribution >= 4 is 6.16 Å². The second kappa shape index (κ2) is 6.75. The van der Waals surface area contributed by atoms with Crippen molar-refractivity contribution in [1.29, 1.82) is 0 Å². The van der Waals surface area contributed by atoms with E-state index in [-0.39, 0.29) is 0 Å². The molecule has 108 valence electrons. The van der Waals surface area contributed by atoms with Crippen molar-refractivity contribution in [1.82, 2.24) is 0 Å². The largest absolute Gasteiger partial charge is 0.528 e. The number of carbonyl (C=O) groups excluding carboxylic acids is 1. The summed E-state index contributed by atoms with van der Waals surface area (Å²) in [5.74, 6) is -10.8. The Morgan fingerprint density at radius 3 is 2.00 bits per heavy atom. The molecule has 3 nitrogen and oxygen atoms in total. The van der Waals surface area contributed by atoms with Gasteiger partial charge < -0.3 is 9.47 Å². The van der Waals surface area contributed by atoms with E-state index < -0.39 is 41.0 Å². The van der Waals surface area contributed by atoms with Gasteiger partial charge in [0.05, 0.1) is 0 Å². The van der Waals surface area contributed by atoms with E-state index in [2.05, 4.69) is 15.4 Å². The Morgan fingerprint density at radius 1 is 1.00 bits per heavy atom. The van der Waals surface area contributed by atoms with Gasteiger partial charge in [-0.15, -0.1) is 0 Å². The first kappa shape index (κ1) is 15.8. The topological polar surface area (TPSA) is 35.5 Å². The van der Waals surface area contributed by atoms with E-state index in [1.54, 1.807) is 6.92 Å². The maximum Gasteiger partial charge on any atom is 0.528 e. The second-order valence-corrected chi connectivity index (χ2v) is 3.38. The van der Waals surface area contributed by atoms with Gasteiger partial charge in [0.25, 0.3) is 0 Å². The predicted octanol–water partition coefficient (Wildman–Crippen LogP) is 3.66. The summed E-state index contributed by atoms with van der Waals surface area (Å²) in [7, 11) is 0. The van der Waals surface area contributed by atoms with Gasteiger partial charge >= 0.3 is 6.16 Å². The van der Waals surface area contributed by atoms with E-state index >= 15 is 0 Å². The molecule has 0 bridgehead atoms. The summed E-state index contributed by atoms with van der Waals surface area (Å²) in [4.78, 5) is 11.0. The molecule has 0 aromatic heterocycles. The van der Waals surface area contributed by atoms with Crippen LogP contribution in [0.25, 0.3) is 0 Å². The molecule has 20 heavy (non-hydrogen) atoms. The average Bonchev–Trinajstić information content (AvgIpc) is 2.44. The van der Waals surface area contributed by atoms with E-state index in [1.807, 2.05) is 6.11 Å². The van der Waals surface area contributed by atoms with Gasteiger partial charge in [0, 0.05) is 6.42 Å². The van der Waals surface area contributed by atoms with E-state index in [0.717, 1.165) is 0 Å². The highest BCUT2D eigenvalue weighted by Gasteiger charge is 2.28. The van der Waals surface area contributed by atoms with Gasteiger partial charge in [-0.25, -0.2) is 18.0 Å². The summed E-state index contributed by atoms with van der Waals surface area (Å²) in [6, 6.07) is 0. The number of hydrogen-bond acceptors (Lipinski definition) is 3. The molecule has 0 saturated carbocycles. The summed E-state index contributed by atoms with van der Waals surface area (Å²) in [6.45, 7) is 1.79. The molecule has 0 atom stereocenters. The fourth-order valence-electron chi connectivity index (χ4n) is 1.03. The Hall–Kier alpha value is -2.30. The second-order valence-electron chi connectivity index (χ2n) is 3.38. The number of carbonyl (C=O) groups is 1. The van der Waals surface area contributed by atoms with E-state index in [0.29, 0.717) is 12.8 Å². The Balaban J connectivity index is 2.94. The smallest absolute Gasteiger partial charge is 0.388 e. The van der Waals surface area contributed by atoms with Crippen molar-refractivity contribution in [2.75, 3.05) is 0 Å². The monoisotopic (exact) mass is 294 g/mol. The Labute approximate surface area is 110 Å². The molecule has 0 radical (unpaired) electrons. The van der Waals surface area contributed by atoms with Crippen molar-refractivity contribution in [3.05, 3.63) is 29.1 Å². The third-order valence-corrected chi connectivity index (χ3v) is 1.94. The highest BCUT2D eigenvalue weighted by Crippen LogP contribution is 2.29. The summed E-state index contributed by atoms with van der Waals surface area (Å²) in [6.07, 6.45) is 1.20. The SMILES string of the molecule is CCCC#COC(=O)Oc1c(F)c(F)c(F)c(F)c1F. The van der Waals surface area contributed by atoms with Gasteiger partial charge in [0.2, 0.25) is 34.8 Å². The van der Waals surface area contributed by atoms with Crippen LogP contribution in [0.1, 0.15) is 19.8 Å². The minimum Gasteiger partial charge on any atom is -0.388 e. The first-order chi connectivity index (χ1) is 9.40. The lowest BCUT2D eigenvalue weighted by Gasteiger charge is -2.06. The third-order valence-electron chi connectivity index (χ3n) is 1.94. The van der Waals surface area contributed by atoms with Crippen LogP contribution in [0.3, 0.4) is 0 Å². The van der Waals surface area contributed by atoms with Crippen LogP contribution in [-0.2, 0) is 4.74 Å². The van der Waals surface area contributed by atoms with Crippen LogP contribution in [0.5, 0.6) is 5.75 Å². The van der Waals surface area contributed by atoms with E-state index in [9.17, 15) is 26.7 Å². The maximum atomic E-state index is 13.1. The fraction of sp³-hybridized carbons (Fsp3) is 0.250. The van der Waals surface area contributed by atoms with Crippen LogP contribution in [0.15, 0.2) is 0 Å². The van der Waals surface area contributed by atoms with Crippen molar-refractivity contribution in [3.63, 3.8) is 0 Å². The van der Waals surface area contributed by atoms with Gasteiger partial charge in [0.1, 0.15) is 6.11 Å². The van der Waals surface area contributed by atoms with Gasteiger partial charge in [-0.2, -0.15) is 8.78 Å². The lowest BCUT2D eigenvalue weighted by Crippen LogP contribution is -2.13. The van der Waals surface area contributed by atoms with Crippen LogP contribution in [0.4, 0.5) is 26.7 Å². The molecule has 0 spiro atoms. The molecule has 0 N–H and O–H groups in total. The van der Waals surface area contributed by atoms with Crippen molar-refractivity contribution in [3.8, 4) is 17.8 Å². The molecule has 0 aliphatic carbocycles. The van der Waals surface area contributed by atoms with Crippen molar-refractivity contribution < 1.29 is 36.2 Å². The number of halogens is 5. The van der Waals surface area contributed by atoms with Gasteiger partial charge in [-0.3, -0.25) is 0 Å². The standard InChI is InChI=1S/C12H7F5O3/c1-2-3-4-5-19-12(18)20-11-9(16)7(14)6(13)8(15)10(11)17/h2-3H2,1H3. The maximum absolute atomic E-state index is 13.1. The van der Waals surface area contributed by atoms with Gasteiger partial charge in [-0.05, 0) is 6.42 Å². The molecule has 1 rings (SSSR count). The van der Waals surface area contributed by atoms with Crippen LogP contribution < -0.4 is 4.74 Å². The van der Waals surface area contributed by atoms with Crippen molar-refractivity contribution in [2.24, 2.45) is 0 Å². The zero-order valence-electron chi connectivity index (χ0n) is 10.0. The van der Waals surface area contributed by atoms with Crippen LogP contribution in [0.2, 0.25) is 0 Å². The fourth-order valence-corrected chi connectivity index (χ4v) is 1.03. The molecule has 1 aromatic carbocycles. The predicted molar refractivity (Wildman–Crippen MR) is 56.0 cm³/mol. The molecular formula is C12H7F5O3. The average molecular weight is 294 g/mol. The molecule has 1 aromatic rings. The number of benzene rings is 1. The summed E-state index contributed by atoms with van der Waals surface area (Å²) < 4.78 is 72.5.